The van der Waals surface area contributed by atoms with E-state index < -0.39 is 5.60 Å². The third-order valence-electron chi connectivity index (χ3n) is 2.90. The minimum absolute atomic E-state index is 0.169. The average molecular weight is 206 g/mol. The van der Waals surface area contributed by atoms with Gasteiger partial charge in [-0.3, -0.25) is 0 Å². The van der Waals surface area contributed by atoms with Gasteiger partial charge < -0.3 is 9.47 Å². The first-order chi connectivity index (χ1) is 7.25. The largest absolute Gasteiger partial charge is 0.456 e. The van der Waals surface area contributed by atoms with Crippen LogP contribution in [0.15, 0.2) is 30.3 Å². The van der Waals surface area contributed by atoms with Crippen molar-refractivity contribution < 1.29 is 14.3 Å². The first-order valence-electron chi connectivity index (χ1n) is 5.07. The summed E-state index contributed by atoms with van der Waals surface area (Å²) in [6, 6.07) is 9.50. The SMILES string of the molecule is CC[C@@H]1OC(=O)[C@]1(OC)c1ccccc1. The van der Waals surface area contributed by atoms with Gasteiger partial charge in [0.2, 0.25) is 5.60 Å². The molecule has 0 unspecified atom stereocenters. The summed E-state index contributed by atoms with van der Waals surface area (Å²) in [5, 5.41) is 0. The van der Waals surface area contributed by atoms with E-state index in [0.29, 0.717) is 0 Å². The van der Waals surface area contributed by atoms with Crippen molar-refractivity contribution in [3.8, 4) is 0 Å². The van der Waals surface area contributed by atoms with Crippen molar-refractivity contribution in [2.75, 3.05) is 7.11 Å². The van der Waals surface area contributed by atoms with Gasteiger partial charge in [-0.25, -0.2) is 4.79 Å². The van der Waals surface area contributed by atoms with E-state index in [0.717, 1.165) is 12.0 Å². The molecule has 2 rings (SSSR count). The molecule has 0 aromatic heterocycles. The quantitative estimate of drug-likeness (QED) is 0.708. The van der Waals surface area contributed by atoms with Crippen molar-refractivity contribution in [2.24, 2.45) is 0 Å². The molecule has 1 saturated heterocycles. The average Bonchev–Trinajstić information content (AvgIpc) is 2.28. The van der Waals surface area contributed by atoms with Gasteiger partial charge >= 0.3 is 5.97 Å². The zero-order valence-electron chi connectivity index (χ0n) is 8.90. The number of methoxy groups -OCH3 is 1. The highest BCUT2D eigenvalue weighted by atomic mass is 16.6. The van der Waals surface area contributed by atoms with Crippen molar-refractivity contribution in [3.63, 3.8) is 0 Å². The van der Waals surface area contributed by atoms with Gasteiger partial charge in [0.25, 0.3) is 0 Å². The van der Waals surface area contributed by atoms with Crippen molar-refractivity contribution in [3.05, 3.63) is 35.9 Å². The number of benzene rings is 1. The lowest BCUT2D eigenvalue weighted by Crippen LogP contribution is -2.60. The monoisotopic (exact) mass is 206 g/mol. The fourth-order valence-corrected chi connectivity index (χ4v) is 2.07. The van der Waals surface area contributed by atoms with Gasteiger partial charge in [-0.15, -0.1) is 0 Å². The molecule has 0 N–H and O–H groups in total. The van der Waals surface area contributed by atoms with Crippen LogP contribution in [0.3, 0.4) is 0 Å². The molecule has 15 heavy (non-hydrogen) atoms. The van der Waals surface area contributed by atoms with Crippen LogP contribution in [0, 0.1) is 0 Å². The number of carbonyl (C=O) groups excluding carboxylic acids is 1. The highest BCUT2D eigenvalue weighted by molar-refractivity contribution is 5.87. The fourth-order valence-electron chi connectivity index (χ4n) is 2.07. The Morgan fingerprint density at radius 2 is 2.07 bits per heavy atom. The molecule has 3 heteroatoms. The number of esters is 1. The molecule has 0 aliphatic carbocycles. The van der Waals surface area contributed by atoms with Crippen LogP contribution in [-0.2, 0) is 19.9 Å². The Morgan fingerprint density at radius 3 is 2.53 bits per heavy atom. The lowest BCUT2D eigenvalue weighted by atomic mass is 9.82. The zero-order valence-corrected chi connectivity index (χ0v) is 8.90. The highest BCUT2D eigenvalue weighted by Gasteiger charge is 2.59. The van der Waals surface area contributed by atoms with Gasteiger partial charge in [0.05, 0.1) is 0 Å². The number of carbonyl (C=O) groups is 1. The lowest BCUT2D eigenvalue weighted by Gasteiger charge is -2.45. The number of hydrogen-bond acceptors (Lipinski definition) is 3. The zero-order chi connectivity index (χ0) is 10.9. The molecule has 1 aromatic carbocycles. The smallest absolute Gasteiger partial charge is 0.347 e. The maximum absolute atomic E-state index is 11.6. The maximum Gasteiger partial charge on any atom is 0.347 e. The summed E-state index contributed by atoms with van der Waals surface area (Å²) >= 11 is 0. The second kappa shape index (κ2) is 3.66. The molecule has 0 amide bonds. The van der Waals surface area contributed by atoms with Gasteiger partial charge in [-0.2, -0.15) is 0 Å². The van der Waals surface area contributed by atoms with Crippen LogP contribution in [0.5, 0.6) is 0 Å². The van der Waals surface area contributed by atoms with Crippen molar-refractivity contribution >= 4 is 5.97 Å². The summed E-state index contributed by atoms with van der Waals surface area (Å²) in [4.78, 5) is 11.6. The van der Waals surface area contributed by atoms with Crippen LogP contribution in [0.1, 0.15) is 18.9 Å². The van der Waals surface area contributed by atoms with E-state index >= 15 is 0 Å². The molecule has 2 atom stereocenters. The topological polar surface area (TPSA) is 35.5 Å². The third kappa shape index (κ3) is 1.27. The minimum atomic E-state index is -0.879. The molecule has 80 valence electrons. The Balaban J connectivity index is 2.41. The number of hydrogen-bond donors (Lipinski definition) is 0. The predicted octanol–water partition coefficient (Wildman–Crippen LogP) is 1.86. The molecule has 0 saturated carbocycles. The summed E-state index contributed by atoms with van der Waals surface area (Å²) in [5.41, 5.74) is -0.00803. The van der Waals surface area contributed by atoms with Crippen LogP contribution in [0.25, 0.3) is 0 Å². The standard InChI is InChI=1S/C12H14O3/c1-3-10-12(14-2,11(13)15-10)9-7-5-4-6-8-9/h4-8,10H,3H2,1-2H3/t10-,12-/m0/s1. The van der Waals surface area contributed by atoms with E-state index in [1.807, 2.05) is 37.3 Å². The van der Waals surface area contributed by atoms with Crippen molar-refractivity contribution in [1.29, 1.82) is 0 Å². The normalized spacial score (nSPS) is 29.5. The van der Waals surface area contributed by atoms with Crippen LogP contribution in [0.4, 0.5) is 0 Å². The summed E-state index contributed by atoms with van der Waals surface area (Å²) in [7, 11) is 1.55. The van der Waals surface area contributed by atoms with E-state index in [1.54, 1.807) is 7.11 Å². The molecule has 1 fully saturated rings. The Morgan fingerprint density at radius 1 is 1.40 bits per heavy atom. The molecular formula is C12H14O3. The van der Waals surface area contributed by atoms with Gasteiger partial charge in [-0.05, 0) is 12.0 Å². The Kier molecular flexibility index (Phi) is 2.49. The number of ether oxygens (including phenoxy) is 2. The maximum atomic E-state index is 11.6. The fraction of sp³-hybridized carbons (Fsp3) is 0.417. The Labute approximate surface area is 89.0 Å². The molecule has 0 spiro atoms. The summed E-state index contributed by atoms with van der Waals surface area (Å²) in [6.07, 6.45) is 0.589. The van der Waals surface area contributed by atoms with Crippen LogP contribution >= 0.6 is 0 Å². The number of rotatable bonds is 3. The number of cyclic esters (lactones) is 1. The third-order valence-corrected chi connectivity index (χ3v) is 2.90. The second-order valence-electron chi connectivity index (χ2n) is 3.61. The molecule has 1 aliphatic heterocycles. The summed E-state index contributed by atoms with van der Waals surface area (Å²) < 4.78 is 10.5. The van der Waals surface area contributed by atoms with E-state index in [9.17, 15) is 4.79 Å². The van der Waals surface area contributed by atoms with Crippen LogP contribution < -0.4 is 0 Å². The molecule has 1 heterocycles. The van der Waals surface area contributed by atoms with E-state index in [-0.39, 0.29) is 12.1 Å². The van der Waals surface area contributed by atoms with Gasteiger partial charge in [0.15, 0.2) is 0 Å². The minimum Gasteiger partial charge on any atom is -0.456 e. The first-order valence-corrected chi connectivity index (χ1v) is 5.07. The van der Waals surface area contributed by atoms with Gasteiger partial charge in [0, 0.05) is 7.11 Å². The Hall–Kier alpha value is -1.35. The van der Waals surface area contributed by atoms with E-state index in [2.05, 4.69) is 0 Å². The highest BCUT2D eigenvalue weighted by Crippen LogP contribution is 2.41. The Bertz CT molecular complexity index is 360. The molecule has 1 aliphatic rings. The van der Waals surface area contributed by atoms with Crippen molar-refractivity contribution in [1.82, 2.24) is 0 Å². The summed E-state index contributed by atoms with van der Waals surface area (Å²) in [5.74, 6) is -0.289. The summed E-state index contributed by atoms with van der Waals surface area (Å²) in [6.45, 7) is 1.98. The van der Waals surface area contributed by atoms with Crippen LogP contribution in [0.2, 0.25) is 0 Å². The first kappa shape index (κ1) is 10.2. The van der Waals surface area contributed by atoms with E-state index in [4.69, 9.17) is 9.47 Å². The molecular weight excluding hydrogens is 192 g/mol. The van der Waals surface area contributed by atoms with Gasteiger partial charge in [-0.1, -0.05) is 37.3 Å². The lowest BCUT2D eigenvalue weighted by molar-refractivity contribution is -0.240. The molecule has 0 bridgehead atoms. The van der Waals surface area contributed by atoms with E-state index in [1.165, 1.54) is 0 Å². The molecule has 1 aromatic rings. The molecule has 0 radical (unpaired) electrons. The second-order valence-corrected chi connectivity index (χ2v) is 3.61. The van der Waals surface area contributed by atoms with Crippen molar-refractivity contribution in [2.45, 2.75) is 25.0 Å². The predicted molar refractivity (Wildman–Crippen MR) is 55.3 cm³/mol. The van der Waals surface area contributed by atoms with Gasteiger partial charge in [0.1, 0.15) is 6.10 Å². The van der Waals surface area contributed by atoms with Crippen LogP contribution in [-0.4, -0.2) is 19.2 Å². The molecule has 3 nitrogen and oxygen atoms in total.